The van der Waals surface area contributed by atoms with E-state index in [1.54, 1.807) is 0 Å². The molecular weight excluding hydrogens is 256 g/mol. The van der Waals surface area contributed by atoms with Crippen molar-refractivity contribution in [2.75, 3.05) is 0 Å². The van der Waals surface area contributed by atoms with E-state index in [0.717, 1.165) is 12.8 Å². The molecule has 0 amide bonds. The summed E-state index contributed by atoms with van der Waals surface area (Å²) in [6.07, 6.45) is 23.5. The lowest BCUT2D eigenvalue weighted by Crippen LogP contribution is -2.01. The van der Waals surface area contributed by atoms with Crippen LogP contribution in [0.15, 0.2) is 12.2 Å². The molecule has 0 heterocycles. The Morgan fingerprint density at radius 3 is 1.71 bits per heavy atom. The lowest BCUT2D eigenvalue weighted by Gasteiger charge is -2.05. The number of aliphatic hydroxyl groups excluding tert-OH is 1. The van der Waals surface area contributed by atoms with Crippen LogP contribution in [-0.4, -0.2) is 11.2 Å². The number of hydrogen-bond donors (Lipinski definition) is 1. The molecule has 126 valence electrons. The average Bonchev–Trinajstić information content (AvgIpc) is 2.49. The van der Waals surface area contributed by atoms with Crippen LogP contribution in [0.2, 0.25) is 0 Å². The summed E-state index contributed by atoms with van der Waals surface area (Å²) in [7, 11) is 0. The van der Waals surface area contributed by atoms with Crippen LogP contribution >= 0.6 is 0 Å². The molecule has 0 saturated carbocycles. The summed E-state index contributed by atoms with van der Waals surface area (Å²) in [6, 6.07) is 0. The van der Waals surface area contributed by atoms with Crippen LogP contribution in [0.5, 0.6) is 0 Å². The Hall–Kier alpha value is -0.300. The first-order valence-corrected chi connectivity index (χ1v) is 9.66. The van der Waals surface area contributed by atoms with Crippen molar-refractivity contribution in [3.05, 3.63) is 12.2 Å². The predicted octanol–water partition coefficient (Wildman–Crippen LogP) is 6.79. The molecule has 0 bridgehead atoms. The summed E-state index contributed by atoms with van der Waals surface area (Å²) < 4.78 is 0. The predicted molar refractivity (Wildman–Crippen MR) is 95.7 cm³/mol. The molecule has 1 atom stereocenters. The molecule has 0 aromatic rings. The van der Waals surface area contributed by atoms with Gasteiger partial charge in [0.05, 0.1) is 6.10 Å². The van der Waals surface area contributed by atoms with Crippen LogP contribution in [-0.2, 0) is 0 Å². The fourth-order valence-corrected chi connectivity index (χ4v) is 2.70. The highest BCUT2D eigenvalue weighted by molar-refractivity contribution is 4.88. The van der Waals surface area contributed by atoms with Crippen LogP contribution in [0, 0.1) is 0 Å². The van der Waals surface area contributed by atoms with Crippen LogP contribution in [0.1, 0.15) is 110 Å². The zero-order valence-corrected chi connectivity index (χ0v) is 14.8. The maximum atomic E-state index is 9.86. The number of rotatable bonds is 16. The number of hydrogen-bond acceptors (Lipinski definition) is 1. The van der Waals surface area contributed by atoms with Crippen molar-refractivity contribution in [2.24, 2.45) is 0 Å². The first-order chi connectivity index (χ1) is 10.3. The van der Waals surface area contributed by atoms with Crippen molar-refractivity contribution in [3.63, 3.8) is 0 Å². The molecule has 0 saturated heterocycles. The number of unbranched alkanes of at least 4 members (excludes halogenated alkanes) is 12. The molecule has 0 aliphatic carbocycles. The van der Waals surface area contributed by atoms with E-state index < -0.39 is 0 Å². The summed E-state index contributed by atoms with van der Waals surface area (Å²) in [5.41, 5.74) is 0. The minimum Gasteiger partial charge on any atom is -0.389 e. The Labute approximate surface area is 134 Å². The summed E-state index contributed by atoms with van der Waals surface area (Å²) >= 11 is 0. The molecule has 0 aromatic heterocycles. The van der Waals surface area contributed by atoms with Gasteiger partial charge >= 0.3 is 0 Å². The highest BCUT2D eigenvalue weighted by atomic mass is 16.3. The monoisotopic (exact) mass is 296 g/mol. The van der Waals surface area contributed by atoms with Gasteiger partial charge in [-0.2, -0.15) is 0 Å². The van der Waals surface area contributed by atoms with Crippen LogP contribution in [0.4, 0.5) is 0 Å². The van der Waals surface area contributed by atoms with Gasteiger partial charge in [-0.15, -0.1) is 0 Å². The Morgan fingerprint density at radius 2 is 1.14 bits per heavy atom. The third-order valence-corrected chi connectivity index (χ3v) is 4.19. The van der Waals surface area contributed by atoms with Gasteiger partial charge in [0.1, 0.15) is 0 Å². The lowest BCUT2D eigenvalue weighted by atomic mass is 10.1. The molecule has 0 aromatic carbocycles. The number of aliphatic hydroxyl groups is 1. The van der Waals surface area contributed by atoms with Gasteiger partial charge in [0.15, 0.2) is 0 Å². The molecule has 1 heteroatoms. The third-order valence-electron chi connectivity index (χ3n) is 4.19. The second kappa shape index (κ2) is 17.8. The van der Waals surface area contributed by atoms with Gasteiger partial charge in [0.2, 0.25) is 0 Å². The van der Waals surface area contributed by atoms with Gasteiger partial charge in [-0.1, -0.05) is 103 Å². The molecule has 0 spiro atoms. The van der Waals surface area contributed by atoms with Crippen molar-refractivity contribution < 1.29 is 5.11 Å². The number of allylic oxidation sites excluding steroid dienone is 1. The summed E-state index contributed by atoms with van der Waals surface area (Å²) in [5, 5.41) is 9.86. The molecule has 0 aliphatic heterocycles. The van der Waals surface area contributed by atoms with Crippen LogP contribution < -0.4 is 0 Å². The molecule has 0 rings (SSSR count). The minimum atomic E-state index is -0.208. The summed E-state index contributed by atoms with van der Waals surface area (Å²) in [6.45, 7) is 4.51. The second-order valence-electron chi connectivity index (χ2n) is 6.46. The fraction of sp³-hybridized carbons (Fsp3) is 0.900. The first kappa shape index (κ1) is 20.7. The van der Waals surface area contributed by atoms with E-state index in [1.165, 1.54) is 83.5 Å². The van der Waals surface area contributed by atoms with E-state index in [0.29, 0.717) is 0 Å². The highest BCUT2D eigenvalue weighted by Gasteiger charge is 1.98. The maximum absolute atomic E-state index is 9.86. The Bertz CT molecular complexity index is 210. The van der Waals surface area contributed by atoms with E-state index in [1.807, 2.05) is 6.08 Å². The zero-order chi connectivity index (χ0) is 15.6. The fourth-order valence-electron chi connectivity index (χ4n) is 2.70. The van der Waals surface area contributed by atoms with Gasteiger partial charge in [-0.25, -0.2) is 0 Å². The Kier molecular flexibility index (Phi) is 17.5. The second-order valence-corrected chi connectivity index (χ2v) is 6.46. The Balaban J connectivity index is 3.24. The van der Waals surface area contributed by atoms with Crippen LogP contribution in [0.25, 0.3) is 0 Å². The first-order valence-electron chi connectivity index (χ1n) is 9.66. The van der Waals surface area contributed by atoms with Crippen molar-refractivity contribution >= 4 is 0 Å². The minimum absolute atomic E-state index is 0.208. The largest absolute Gasteiger partial charge is 0.389 e. The van der Waals surface area contributed by atoms with Crippen molar-refractivity contribution in [1.29, 1.82) is 0 Å². The van der Waals surface area contributed by atoms with E-state index in [2.05, 4.69) is 19.9 Å². The van der Waals surface area contributed by atoms with Crippen molar-refractivity contribution in [3.8, 4) is 0 Å². The van der Waals surface area contributed by atoms with E-state index >= 15 is 0 Å². The van der Waals surface area contributed by atoms with Gasteiger partial charge in [-0.05, 0) is 19.3 Å². The molecule has 0 radical (unpaired) electrons. The average molecular weight is 297 g/mol. The SMILES string of the molecule is CCCCCCCCCC=CC(O)CCCCCCCC. The van der Waals surface area contributed by atoms with Crippen molar-refractivity contribution in [2.45, 2.75) is 116 Å². The zero-order valence-electron chi connectivity index (χ0n) is 14.8. The third kappa shape index (κ3) is 17.6. The molecule has 0 fully saturated rings. The van der Waals surface area contributed by atoms with Gasteiger partial charge in [0.25, 0.3) is 0 Å². The highest BCUT2D eigenvalue weighted by Crippen LogP contribution is 2.11. The summed E-state index contributed by atoms with van der Waals surface area (Å²) in [4.78, 5) is 0. The van der Waals surface area contributed by atoms with E-state index in [4.69, 9.17) is 0 Å². The molecular formula is C20H40O. The lowest BCUT2D eigenvalue weighted by molar-refractivity contribution is 0.207. The van der Waals surface area contributed by atoms with Gasteiger partial charge in [-0.3, -0.25) is 0 Å². The maximum Gasteiger partial charge on any atom is 0.0720 e. The molecule has 0 aliphatic rings. The van der Waals surface area contributed by atoms with E-state index in [-0.39, 0.29) is 6.10 Å². The van der Waals surface area contributed by atoms with Crippen LogP contribution in [0.3, 0.4) is 0 Å². The van der Waals surface area contributed by atoms with Gasteiger partial charge < -0.3 is 5.11 Å². The quantitative estimate of drug-likeness (QED) is 0.245. The molecule has 1 N–H and O–H groups in total. The smallest absolute Gasteiger partial charge is 0.0720 e. The summed E-state index contributed by atoms with van der Waals surface area (Å²) in [5.74, 6) is 0. The Morgan fingerprint density at radius 1 is 0.667 bits per heavy atom. The topological polar surface area (TPSA) is 20.2 Å². The standard InChI is InChI=1S/C20H40O/c1-3-5-7-9-11-12-13-15-17-19-20(21)18-16-14-10-8-6-4-2/h17,19-21H,3-16,18H2,1-2H3. The molecule has 1 nitrogen and oxygen atoms in total. The van der Waals surface area contributed by atoms with E-state index in [9.17, 15) is 5.11 Å². The molecule has 21 heavy (non-hydrogen) atoms. The van der Waals surface area contributed by atoms with Gasteiger partial charge in [0, 0.05) is 0 Å². The molecule has 1 unspecified atom stereocenters. The van der Waals surface area contributed by atoms with Crippen molar-refractivity contribution in [1.82, 2.24) is 0 Å². The normalized spacial score (nSPS) is 13.1.